The van der Waals surface area contributed by atoms with Gasteiger partial charge in [-0.1, -0.05) is 47.5 Å². The van der Waals surface area contributed by atoms with Crippen molar-refractivity contribution in [3.63, 3.8) is 0 Å². The summed E-state index contributed by atoms with van der Waals surface area (Å²) in [7, 11) is 0. The highest BCUT2D eigenvalue weighted by Gasteiger charge is 2.20. The fourth-order valence-electron chi connectivity index (χ4n) is 3.41. The Hall–Kier alpha value is -3.71. The van der Waals surface area contributed by atoms with Crippen molar-refractivity contribution in [2.45, 2.75) is 39.3 Å². The van der Waals surface area contributed by atoms with Gasteiger partial charge in [0, 0.05) is 18.5 Å². The Morgan fingerprint density at radius 2 is 1.66 bits per heavy atom. The summed E-state index contributed by atoms with van der Waals surface area (Å²) in [6.07, 6.45) is -0.0671. The summed E-state index contributed by atoms with van der Waals surface area (Å²) in [5.41, 5.74) is 3.94. The van der Waals surface area contributed by atoms with Crippen LogP contribution < -0.4 is 10.6 Å². The fourth-order valence-corrected chi connectivity index (χ4v) is 3.41. The number of aryl methyl sites for hydroxylation is 2. The highest BCUT2D eigenvalue weighted by atomic mass is 16.4. The first-order chi connectivity index (χ1) is 15.3. The molecule has 0 aliphatic rings. The van der Waals surface area contributed by atoms with Gasteiger partial charge >= 0.3 is 5.97 Å². The summed E-state index contributed by atoms with van der Waals surface area (Å²) in [6, 6.07) is 17.6. The number of amides is 2. The Labute approximate surface area is 186 Å². The third-order valence-electron chi connectivity index (χ3n) is 4.94. The smallest absolute Gasteiger partial charge is 0.320 e. The predicted octanol–water partition coefficient (Wildman–Crippen LogP) is 3.84. The van der Waals surface area contributed by atoms with Crippen molar-refractivity contribution in [3.8, 4) is 11.3 Å². The molecule has 0 fully saturated rings. The van der Waals surface area contributed by atoms with Crippen LogP contribution in [-0.4, -0.2) is 28.9 Å². The van der Waals surface area contributed by atoms with Gasteiger partial charge in [-0.2, -0.15) is 0 Å². The van der Waals surface area contributed by atoms with Gasteiger partial charge in [-0.05, 0) is 50.1 Å². The minimum absolute atomic E-state index is 0.0181. The number of carboxylic acids is 1. The summed E-state index contributed by atoms with van der Waals surface area (Å²) >= 11 is 0. The number of carboxylic acid groups (broad SMARTS) is 1. The van der Waals surface area contributed by atoms with Crippen molar-refractivity contribution in [2.75, 3.05) is 0 Å². The molecule has 1 atom stereocenters. The number of rotatable bonds is 9. The Morgan fingerprint density at radius 3 is 2.31 bits per heavy atom. The van der Waals surface area contributed by atoms with Gasteiger partial charge in [0.2, 0.25) is 5.91 Å². The predicted molar refractivity (Wildman–Crippen MR) is 120 cm³/mol. The van der Waals surface area contributed by atoms with Crippen LogP contribution in [0.5, 0.6) is 0 Å². The summed E-state index contributed by atoms with van der Waals surface area (Å²) in [5.74, 6) is -1.72. The lowest BCUT2D eigenvalue weighted by atomic mass is 10.1. The minimum Gasteiger partial charge on any atom is -0.480 e. The van der Waals surface area contributed by atoms with Crippen molar-refractivity contribution in [1.29, 1.82) is 0 Å². The first-order valence-electron chi connectivity index (χ1n) is 10.3. The van der Waals surface area contributed by atoms with Crippen LogP contribution in [0, 0.1) is 13.8 Å². The molecule has 1 heterocycles. The average Bonchev–Trinajstić information content (AvgIpc) is 3.24. The Morgan fingerprint density at radius 1 is 0.969 bits per heavy atom. The molecular weight excluding hydrogens is 408 g/mol. The monoisotopic (exact) mass is 434 g/mol. The summed E-state index contributed by atoms with van der Waals surface area (Å²) < 4.78 is 5.62. The molecule has 7 heteroatoms. The lowest BCUT2D eigenvalue weighted by molar-refractivity contribution is -0.139. The normalized spacial score (nSPS) is 11.7. The van der Waals surface area contributed by atoms with E-state index >= 15 is 0 Å². The van der Waals surface area contributed by atoms with Crippen LogP contribution in [0.3, 0.4) is 0 Å². The van der Waals surface area contributed by atoms with Crippen LogP contribution in [0.4, 0.5) is 0 Å². The third-order valence-corrected chi connectivity index (χ3v) is 4.94. The summed E-state index contributed by atoms with van der Waals surface area (Å²) in [5, 5.41) is 14.6. The standard InChI is InChI=1S/C25H26N2O5/c1-16-12-17(2)14-19(13-16)21-9-10-22(32-21)24(29)27-23(28)11-8-20(25(30)31)26-15-18-6-4-3-5-7-18/h3-7,9-10,12-14,20,26H,8,11,15H2,1-2H3,(H,30,31)(H,27,28,29)/t20-/m0/s1. The van der Waals surface area contributed by atoms with Crippen LogP contribution >= 0.6 is 0 Å². The Bertz CT molecular complexity index is 1080. The van der Waals surface area contributed by atoms with Crippen LogP contribution in [0.15, 0.2) is 65.1 Å². The molecular formula is C25H26N2O5. The van der Waals surface area contributed by atoms with Crippen LogP contribution in [-0.2, 0) is 16.1 Å². The number of aliphatic carboxylic acids is 1. The molecule has 0 unspecified atom stereocenters. The molecule has 0 saturated heterocycles. The zero-order chi connectivity index (χ0) is 23.1. The average molecular weight is 434 g/mol. The molecule has 3 rings (SSSR count). The lowest BCUT2D eigenvalue weighted by Crippen LogP contribution is -2.38. The van der Waals surface area contributed by atoms with E-state index in [0.717, 1.165) is 22.3 Å². The number of carbonyl (C=O) groups excluding carboxylic acids is 2. The summed E-state index contributed by atoms with van der Waals surface area (Å²) in [4.78, 5) is 36.1. The van der Waals surface area contributed by atoms with E-state index in [1.807, 2.05) is 62.4 Å². The highest BCUT2D eigenvalue weighted by molar-refractivity contribution is 6.03. The fraction of sp³-hybridized carbons (Fsp3) is 0.240. The Balaban J connectivity index is 1.53. The maximum Gasteiger partial charge on any atom is 0.320 e. The van der Waals surface area contributed by atoms with Crippen molar-refractivity contribution in [3.05, 3.63) is 83.1 Å². The van der Waals surface area contributed by atoms with Gasteiger partial charge in [-0.15, -0.1) is 0 Å². The topological polar surface area (TPSA) is 109 Å². The van der Waals surface area contributed by atoms with Crippen molar-refractivity contribution >= 4 is 17.8 Å². The zero-order valence-electron chi connectivity index (χ0n) is 18.1. The van der Waals surface area contributed by atoms with Gasteiger partial charge < -0.3 is 14.8 Å². The van der Waals surface area contributed by atoms with E-state index in [2.05, 4.69) is 10.6 Å². The number of furan rings is 1. The van der Waals surface area contributed by atoms with Gasteiger partial charge in [0.25, 0.3) is 5.91 Å². The first kappa shape index (κ1) is 23.0. The van der Waals surface area contributed by atoms with E-state index in [1.165, 1.54) is 6.07 Å². The molecule has 3 aromatic rings. The van der Waals surface area contributed by atoms with Crippen LogP contribution in [0.25, 0.3) is 11.3 Å². The SMILES string of the molecule is Cc1cc(C)cc(-c2ccc(C(=O)NC(=O)CC[C@H](NCc3ccccc3)C(=O)O)o2)c1. The van der Waals surface area contributed by atoms with Crippen LogP contribution in [0.1, 0.15) is 40.1 Å². The summed E-state index contributed by atoms with van der Waals surface area (Å²) in [6.45, 7) is 4.32. The molecule has 2 aromatic carbocycles. The minimum atomic E-state index is -1.05. The van der Waals surface area contributed by atoms with Gasteiger partial charge in [0.1, 0.15) is 11.8 Å². The number of hydrogen-bond donors (Lipinski definition) is 3. The molecule has 0 spiro atoms. The number of hydrogen-bond acceptors (Lipinski definition) is 5. The molecule has 166 valence electrons. The van der Waals surface area contributed by atoms with Crippen molar-refractivity contribution in [2.24, 2.45) is 0 Å². The van der Waals surface area contributed by atoms with Gasteiger partial charge in [0.15, 0.2) is 5.76 Å². The van der Waals surface area contributed by atoms with Crippen molar-refractivity contribution < 1.29 is 23.9 Å². The quantitative estimate of drug-likeness (QED) is 0.472. The molecule has 0 radical (unpaired) electrons. The molecule has 32 heavy (non-hydrogen) atoms. The number of benzene rings is 2. The van der Waals surface area contributed by atoms with E-state index in [1.54, 1.807) is 6.07 Å². The van der Waals surface area contributed by atoms with Gasteiger partial charge in [0.05, 0.1) is 0 Å². The molecule has 0 aliphatic heterocycles. The highest BCUT2D eigenvalue weighted by Crippen LogP contribution is 2.24. The second kappa shape index (κ2) is 10.5. The third kappa shape index (κ3) is 6.39. The maximum absolute atomic E-state index is 12.4. The molecule has 0 saturated carbocycles. The van der Waals surface area contributed by atoms with E-state index in [-0.39, 0.29) is 18.6 Å². The van der Waals surface area contributed by atoms with Gasteiger partial charge in [-0.25, -0.2) is 0 Å². The Kier molecular flexibility index (Phi) is 7.57. The molecule has 1 aromatic heterocycles. The molecule has 0 aliphatic carbocycles. The van der Waals surface area contributed by atoms with E-state index in [4.69, 9.17) is 4.42 Å². The van der Waals surface area contributed by atoms with Gasteiger partial charge in [-0.3, -0.25) is 19.7 Å². The molecule has 7 nitrogen and oxygen atoms in total. The number of carbonyl (C=O) groups is 3. The number of imide groups is 1. The van der Waals surface area contributed by atoms with Crippen molar-refractivity contribution in [1.82, 2.24) is 10.6 Å². The van der Waals surface area contributed by atoms with E-state index in [0.29, 0.717) is 12.3 Å². The van der Waals surface area contributed by atoms with E-state index in [9.17, 15) is 19.5 Å². The maximum atomic E-state index is 12.4. The second-order valence-corrected chi connectivity index (χ2v) is 7.71. The lowest BCUT2D eigenvalue weighted by Gasteiger charge is -2.14. The molecule has 0 bridgehead atoms. The molecule has 2 amide bonds. The van der Waals surface area contributed by atoms with Crippen LogP contribution in [0.2, 0.25) is 0 Å². The largest absolute Gasteiger partial charge is 0.480 e. The first-order valence-corrected chi connectivity index (χ1v) is 10.3. The number of nitrogens with one attached hydrogen (secondary N) is 2. The zero-order valence-corrected chi connectivity index (χ0v) is 18.1. The van der Waals surface area contributed by atoms with E-state index < -0.39 is 23.8 Å². The second-order valence-electron chi connectivity index (χ2n) is 7.71. The molecule has 3 N–H and O–H groups in total.